The molecule has 0 atom stereocenters. The third kappa shape index (κ3) is 1.87. The highest BCUT2D eigenvalue weighted by Gasteiger charge is 2.14. The Balaban J connectivity index is 2.39. The molecule has 1 heterocycles. The number of phenols is 1. The molecule has 1 aromatic carbocycles. The van der Waals surface area contributed by atoms with Gasteiger partial charge in [-0.15, -0.1) is 11.3 Å². The topological polar surface area (TPSA) is 54.4 Å². The van der Waals surface area contributed by atoms with E-state index >= 15 is 0 Å². The molecule has 0 amide bonds. The summed E-state index contributed by atoms with van der Waals surface area (Å²) in [5.74, 6) is -0.325. The van der Waals surface area contributed by atoms with Crippen LogP contribution in [-0.2, 0) is 0 Å². The molecule has 0 saturated carbocycles. The molecule has 1 N–H and O–H groups in total. The molecule has 16 heavy (non-hydrogen) atoms. The van der Waals surface area contributed by atoms with Crippen molar-refractivity contribution in [2.75, 3.05) is 0 Å². The van der Waals surface area contributed by atoms with Crippen molar-refractivity contribution in [3.05, 3.63) is 51.7 Å². The lowest BCUT2D eigenvalue weighted by atomic mass is 10.1. The number of aromatic hydroxyl groups is 1. The van der Waals surface area contributed by atoms with Crippen LogP contribution in [0, 0.1) is 0 Å². The maximum Gasteiger partial charge on any atom is 0.197 e. The number of hydrogen-bond donors (Lipinski definition) is 1. The lowest BCUT2D eigenvalue weighted by molar-refractivity contribution is 0.103. The van der Waals surface area contributed by atoms with Gasteiger partial charge in [-0.3, -0.25) is 9.59 Å². The van der Waals surface area contributed by atoms with Crippen LogP contribution in [0.4, 0.5) is 0 Å². The molecule has 0 unspecified atom stereocenters. The fourth-order valence-corrected chi connectivity index (χ4v) is 2.04. The van der Waals surface area contributed by atoms with Gasteiger partial charge in [0.1, 0.15) is 5.75 Å². The van der Waals surface area contributed by atoms with Gasteiger partial charge >= 0.3 is 0 Å². The minimum atomic E-state index is -0.276. The number of phenolic OH excluding ortho intramolecular Hbond substituents is 1. The number of rotatable bonds is 3. The Morgan fingerprint density at radius 3 is 2.69 bits per heavy atom. The molecule has 0 aliphatic rings. The third-order valence-corrected chi connectivity index (χ3v) is 3.00. The van der Waals surface area contributed by atoms with Crippen molar-refractivity contribution in [1.29, 1.82) is 0 Å². The minimum Gasteiger partial charge on any atom is -0.507 e. The molecule has 3 nitrogen and oxygen atoms in total. The van der Waals surface area contributed by atoms with Crippen molar-refractivity contribution in [2.24, 2.45) is 0 Å². The Morgan fingerprint density at radius 2 is 2.06 bits per heavy atom. The highest BCUT2D eigenvalue weighted by atomic mass is 32.1. The summed E-state index contributed by atoms with van der Waals surface area (Å²) in [4.78, 5) is 22.9. The van der Waals surface area contributed by atoms with Crippen LogP contribution in [0.3, 0.4) is 0 Å². The number of carbonyl (C=O) groups is 2. The normalized spacial score (nSPS) is 10.0. The Bertz CT molecular complexity index is 543. The Morgan fingerprint density at radius 1 is 1.31 bits per heavy atom. The lowest BCUT2D eigenvalue weighted by Crippen LogP contribution is -1.99. The predicted octanol–water partition coefficient (Wildman–Crippen LogP) is 2.50. The van der Waals surface area contributed by atoms with E-state index in [1.807, 2.05) is 0 Å². The maximum absolute atomic E-state index is 11.9. The summed E-state index contributed by atoms with van der Waals surface area (Å²) >= 11 is 1.21. The minimum absolute atomic E-state index is 0.0497. The Labute approximate surface area is 96.0 Å². The molecule has 4 heteroatoms. The van der Waals surface area contributed by atoms with E-state index in [0.29, 0.717) is 16.7 Å². The summed E-state index contributed by atoms with van der Waals surface area (Å²) in [6.45, 7) is 0. The summed E-state index contributed by atoms with van der Waals surface area (Å²) in [5.41, 5.74) is 0.673. The molecule has 0 fully saturated rings. The van der Waals surface area contributed by atoms with Crippen LogP contribution in [0.15, 0.2) is 35.7 Å². The fraction of sp³-hybridized carbons (Fsp3) is 0. The third-order valence-electron chi connectivity index (χ3n) is 2.15. The molecule has 0 bridgehead atoms. The quantitative estimate of drug-likeness (QED) is 0.653. The van der Waals surface area contributed by atoms with E-state index in [-0.39, 0.29) is 17.1 Å². The van der Waals surface area contributed by atoms with Crippen LogP contribution < -0.4 is 0 Å². The zero-order valence-electron chi connectivity index (χ0n) is 8.21. The monoisotopic (exact) mass is 232 g/mol. The van der Waals surface area contributed by atoms with Crippen LogP contribution in [0.25, 0.3) is 0 Å². The first-order valence-corrected chi connectivity index (χ1v) is 5.46. The average Bonchev–Trinajstić information content (AvgIpc) is 2.77. The number of hydrogen-bond acceptors (Lipinski definition) is 4. The van der Waals surface area contributed by atoms with Crippen LogP contribution in [0.1, 0.15) is 25.6 Å². The number of benzene rings is 1. The second kappa shape index (κ2) is 4.28. The van der Waals surface area contributed by atoms with Crippen LogP contribution >= 0.6 is 11.3 Å². The van der Waals surface area contributed by atoms with Gasteiger partial charge in [-0.25, -0.2) is 0 Å². The Kier molecular flexibility index (Phi) is 2.83. The van der Waals surface area contributed by atoms with Gasteiger partial charge in [0, 0.05) is 10.9 Å². The summed E-state index contributed by atoms with van der Waals surface area (Å²) in [6, 6.07) is 7.86. The zero-order chi connectivity index (χ0) is 11.5. The largest absolute Gasteiger partial charge is 0.507 e. The second-order valence-electron chi connectivity index (χ2n) is 3.20. The molecule has 1 aromatic heterocycles. The van der Waals surface area contributed by atoms with Gasteiger partial charge in [0.25, 0.3) is 0 Å². The van der Waals surface area contributed by atoms with E-state index in [0.717, 1.165) is 0 Å². The van der Waals surface area contributed by atoms with E-state index in [9.17, 15) is 14.7 Å². The molecule has 2 aromatic rings. The van der Waals surface area contributed by atoms with Crippen molar-refractivity contribution in [2.45, 2.75) is 0 Å². The number of carbonyl (C=O) groups excluding carboxylic acids is 2. The molecule has 0 spiro atoms. The van der Waals surface area contributed by atoms with Crippen molar-refractivity contribution < 1.29 is 14.7 Å². The van der Waals surface area contributed by atoms with Crippen LogP contribution in [0.5, 0.6) is 5.75 Å². The van der Waals surface area contributed by atoms with E-state index in [1.54, 1.807) is 23.6 Å². The molecule has 2 rings (SSSR count). The summed E-state index contributed by atoms with van der Waals surface area (Å²) in [5, 5.41) is 11.1. The molecule has 80 valence electrons. The highest BCUT2D eigenvalue weighted by molar-refractivity contribution is 7.12. The first kappa shape index (κ1) is 10.6. The van der Waals surface area contributed by atoms with Gasteiger partial charge < -0.3 is 5.11 Å². The molecule has 0 aliphatic carbocycles. The summed E-state index contributed by atoms with van der Waals surface area (Å²) < 4.78 is 0. The number of ketones is 1. The van der Waals surface area contributed by atoms with Crippen molar-refractivity contribution in [3.8, 4) is 5.75 Å². The highest BCUT2D eigenvalue weighted by Crippen LogP contribution is 2.22. The van der Waals surface area contributed by atoms with E-state index in [1.165, 1.54) is 23.5 Å². The van der Waals surface area contributed by atoms with E-state index in [2.05, 4.69) is 0 Å². The fourth-order valence-electron chi connectivity index (χ4n) is 1.35. The van der Waals surface area contributed by atoms with Gasteiger partial charge in [-0.2, -0.15) is 0 Å². The standard InChI is InChI=1S/C12H8O3S/c13-6-9-5-8(7-16-9)12(15)10-3-1-2-4-11(10)14/h1-7,14H. The molecule has 0 saturated heterocycles. The molecular formula is C12H8O3S. The van der Waals surface area contributed by atoms with Crippen molar-refractivity contribution >= 4 is 23.4 Å². The number of para-hydroxylation sites is 1. The average molecular weight is 232 g/mol. The van der Waals surface area contributed by atoms with Gasteiger partial charge in [0.2, 0.25) is 0 Å². The number of thiophene rings is 1. The van der Waals surface area contributed by atoms with Gasteiger partial charge in [-0.05, 0) is 18.2 Å². The first-order chi connectivity index (χ1) is 7.72. The van der Waals surface area contributed by atoms with Gasteiger partial charge in [0.15, 0.2) is 12.1 Å². The maximum atomic E-state index is 11.9. The molecular weight excluding hydrogens is 224 g/mol. The lowest BCUT2D eigenvalue weighted by Gasteiger charge is -2.00. The zero-order valence-corrected chi connectivity index (χ0v) is 9.03. The van der Waals surface area contributed by atoms with E-state index < -0.39 is 0 Å². The van der Waals surface area contributed by atoms with Crippen molar-refractivity contribution in [1.82, 2.24) is 0 Å². The van der Waals surface area contributed by atoms with Gasteiger partial charge in [-0.1, -0.05) is 12.1 Å². The second-order valence-corrected chi connectivity index (χ2v) is 4.14. The van der Waals surface area contributed by atoms with Gasteiger partial charge in [0.05, 0.1) is 10.4 Å². The predicted molar refractivity (Wildman–Crippen MR) is 61.2 cm³/mol. The van der Waals surface area contributed by atoms with Crippen molar-refractivity contribution in [3.63, 3.8) is 0 Å². The van der Waals surface area contributed by atoms with E-state index in [4.69, 9.17) is 0 Å². The van der Waals surface area contributed by atoms with Crippen LogP contribution in [-0.4, -0.2) is 17.2 Å². The summed E-state index contributed by atoms with van der Waals surface area (Å²) in [6.07, 6.45) is 0.701. The van der Waals surface area contributed by atoms with Crippen LogP contribution in [0.2, 0.25) is 0 Å². The SMILES string of the molecule is O=Cc1cc(C(=O)c2ccccc2O)cs1. The molecule has 0 radical (unpaired) electrons. The number of aldehydes is 1. The Hall–Kier alpha value is -1.94. The first-order valence-electron chi connectivity index (χ1n) is 4.59. The smallest absolute Gasteiger partial charge is 0.197 e. The molecule has 0 aliphatic heterocycles. The summed E-state index contributed by atoms with van der Waals surface area (Å²) in [7, 11) is 0.